The molecule has 2 aromatic rings. The summed E-state index contributed by atoms with van der Waals surface area (Å²) < 4.78 is 0. The first-order chi connectivity index (χ1) is 13.0. The van der Waals surface area contributed by atoms with Gasteiger partial charge in [-0.15, -0.1) is 0 Å². The Morgan fingerprint density at radius 1 is 1.04 bits per heavy atom. The van der Waals surface area contributed by atoms with Crippen LogP contribution in [0.15, 0.2) is 42.7 Å². The zero-order valence-corrected chi connectivity index (χ0v) is 16.1. The molecule has 6 heteroatoms. The van der Waals surface area contributed by atoms with Crippen LogP contribution in [-0.4, -0.2) is 59.8 Å². The van der Waals surface area contributed by atoms with Crippen molar-refractivity contribution in [3.63, 3.8) is 0 Å². The summed E-state index contributed by atoms with van der Waals surface area (Å²) in [6.07, 6.45) is 3.02. The highest BCUT2D eigenvalue weighted by molar-refractivity contribution is 6.06. The molecule has 1 aliphatic rings. The number of carbonyl (C=O) groups is 2. The maximum absolute atomic E-state index is 12.7. The average molecular weight is 366 g/mol. The molecule has 1 fully saturated rings. The number of nitrogens with zero attached hydrogens (tertiary/aromatic N) is 3. The zero-order chi connectivity index (χ0) is 19.4. The molecule has 0 saturated carbocycles. The lowest BCUT2D eigenvalue weighted by atomic mass is 10.0. The summed E-state index contributed by atoms with van der Waals surface area (Å²) in [7, 11) is 2.04. The van der Waals surface area contributed by atoms with Gasteiger partial charge in [0.1, 0.15) is 0 Å². The highest BCUT2D eigenvalue weighted by Gasteiger charge is 2.21. The smallest absolute Gasteiger partial charge is 0.257 e. The van der Waals surface area contributed by atoms with Gasteiger partial charge < -0.3 is 15.1 Å². The number of carbonyl (C=O) groups excluding carboxylic acids is 2. The number of amides is 2. The normalized spacial score (nSPS) is 15.0. The summed E-state index contributed by atoms with van der Waals surface area (Å²) in [6.45, 7) is 7.25. The van der Waals surface area contributed by atoms with E-state index in [1.54, 1.807) is 6.07 Å². The van der Waals surface area contributed by atoms with Crippen molar-refractivity contribution in [2.45, 2.75) is 19.8 Å². The van der Waals surface area contributed by atoms with E-state index in [0.29, 0.717) is 30.1 Å². The Hall–Kier alpha value is -2.73. The maximum Gasteiger partial charge on any atom is 0.257 e. The molecule has 1 saturated heterocycles. The third-order valence-electron chi connectivity index (χ3n) is 4.87. The van der Waals surface area contributed by atoms with Crippen LogP contribution >= 0.6 is 0 Å². The third kappa shape index (κ3) is 4.52. The molecule has 3 rings (SSSR count). The van der Waals surface area contributed by atoms with E-state index in [9.17, 15) is 9.59 Å². The molecular weight excluding hydrogens is 340 g/mol. The van der Waals surface area contributed by atoms with Gasteiger partial charge in [0.2, 0.25) is 0 Å². The quantitative estimate of drug-likeness (QED) is 0.904. The second-order valence-electron chi connectivity index (χ2n) is 7.25. The van der Waals surface area contributed by atoms with Crippen molar-refractivity contribution in [1.82, 2.24) is 14.8 Å². The molecule has 2 heterocycles. The molecular formula is C21H26N4O2. The van der Waals surface area contributed by atoms with Crippen molar-refractivity contribution in [3.05, 3.63) is 59.4 Å². The van der Waals surface area contributed by atoms with Crippen LogP contribution < -0.4 is 5.32 Å². The maximum atomic E-state index is 12.7. The number of pyridine rings is 1. The third-order valence-corrected chi connectivity index (χ3v) is 4.87. The molecule has 0 bridgehead atoms. The number of hydrogen-bond acceptors (Lipinski definition) is 4. The summed E-state index contributed by atoms with van der Waals surface area (Å²) in [5.41, 5.74) is 2.69. The lowest BCUT2D eigenvalue weighted by molar-refractivity contribution is 0.0663. The summed E-state index contributed by atoms with van der Waals surface area (Å²) in [5, 5.41) is 2.95. The molecule has 0 atom stereocenters. The molecule has 0 unspecified atom stereocenters. The molecule has 1 aliphatic heterocycles. The molecule has 6 nitrogen and oxygen atoms in total. The van der Waals surface area contributed by atoms with E-state index in [1.165, 1.54) is 12.4 Å². The number of anilines is 1. The van der Waals surface area contributed by atoms with E-state index in [4.69, 9.17) is 0 Å². The number of rotatable bonds is 4. The number of likely N-dealkylation sites (N-methyl/N-ethyl adjacent to an activating group) is 1. The number of piperazine rings is 1. The van der Waals surface area contributed by atoms with Gasteiger partial charge in [-0.3, -0.25) is 14.6 Å². The van der Waals surface area contributed by atoms with Crippen molar-refractivity contribution >= 4 is 17.5 Å². The van der Waals surface area contributed by atoms with Gasteiger partial charge in [0, 0.05) is 44.3 Å². The van der Waals surface area contributed by atoms with E-state index in [0.717, 1.165) is 24.3 Å². The van der Waals surface area contributed by atoms with Crippen LogP contribution in [0, 0.1) is 0 Å². The minimum Gasteiger partial charge on any atom is -0.336 e. The van der Waals surface area contributed by atoms with Crippen LogP contribution in [0.5, 0.6) is 0 Å². The fraction of sp³-hybridized carbons (Fsp3) is 0.381. The SMILES string of the molecule is CC(C)c1ccccc1NC(=O)c1cncc(C(=O)N2CCN(C)CC2)c1. The first-order valence-electron chi connectivity index (χ1n) is 9.29. The summed E-state index contributed by atoms with van der Waals surface area (Å²) >= 11 is 0. The molecule has 0 spiro atoms. The predicted molar refractivity (Wildman–Crippen MR) is 106 cm³/mol. The van der Waals surface area contributed by atoms with Gasteiger partial charge in [-0.05, 0) is 30.7 Å². The number of benzene rings is 1. The summed E-state index contributed by atoms with van der Waals surface area (Å²) in [4.78, 5) is 33.5. The van der Waals surface area contributed by atoms with Crippen LogP contribution in [-0.2, 0) is 0 Å². The lowest BCUT2D eigenvalue weighted by Gasteiger charge is -2.32. The Morgan fingerprint density at radius 2 is 1.70 bits per heavy atom. The van der Waals surface area contributed by atoms with Gasteiger partial charge in [0.15, 0.2) is 0 Å². The van der Waals surface area contributed by atoms with Crippen LogP contribution in [0.3, 0.4) is 0 Å². The summed E-state index contributed by atoms with van der Waals surface area (Å²) in [5.74, 6) is -0.0405. The largest absolute Gasteiger partial charge is 0.336 e. The van der Waals surface area contributed by atoms with Crippen molar-refractivity contribution in [1.29, 1.82) is 0 Å². The van der Waals surface area contributed by atoms with Gasteiger partial charge in [-0.25, -0.2) is 0 Å². The zero-order valence-electron chi connectivity index (χ0n) is 16.1. The first kappa shape index (κ1) is 19.0. The standard InChI is InChI=1S/C21H26N4O2/c1-15(2)18-6-4-5-7-19(18)23-20(26)16-12-17(14-22-13-16)21(27)25-10-8-24(3)9-11-25/h4-7,12-15H,8-11H2,1-3H3,(H,23,26). The topological polar surface area (TPSA) is 65.5 Å². The van der Waals surface area contributed by atoms with Crippen molar-refractivity contribution < 1.29 is 9.59 Å². The van der Waals surface area contributed by atoms with Crippen LogP contribution in [0.2, 0.25) is 0 Å². The fourth-order valence-electron chi connectivity index (χ4n) is 3.18. The van der Waals surface area contributed by atoms with Crippen LogP contribution in [0.1, 0.15) is 46.0 Å². The fourth-order valence-corrected chi connectivity index (χ4v) is 3.18. The van der Waals surface area contributed by atoms with Crippen molar-refractivity contribution in [2.75, 3.05) is 38.5 Å². The Kier molecular flexibility index (Phi) is 5.86. The monoisotopic (exact) mass is 366 g/mol. The minimum atomic E-state index is -0.261. The Balaban J connectivity index is 1.75. The van der Waals surface area contributed by atoms with E-state index in [1.807, 2.05) is 36.2 Å². The molecule has 0 aliphatic carbocycles. The Bertz CT molecular complexity index is 826. The van der Waals surface area contributed by atoms with Gasteiger partial charge in [-0.1, -0.05) is 32.0 Å². The molecule has 27 heavy (non-hydrogen) atoms. The Morgan fingerprint density at radius 3 is 2.41 bits per heavy atom. The van der Waals surface area contributed by atoms with Gasteiger partial charge in [-0.2, -0.15) is 0 Å². The number of nitrogens with one attached hydrogen (secondary N) is 1. The van der Waals surface area contributed by atoms with Crippen molar-refractivity contribution in [2.24, 2.45) is 0 Å². The molecule has 1 aromatic carbocycles. The lowest BCUT2D eigenvalue weighted by Crippen LogP contribution is -2.47. The molecule has 2 amide bonds. The van der Waals surface area contributed by atoms with Crippen molar-refractivity contribution in [3.8, 4) is 0 Å². The highest BCUT2D eigenvalue weighted by Crippen LogP contribution is 2.24. The van der Waals surface area contributed by atoms with Crippen LogP contribution in [0.4, 0.5) is 5.69 Å². The average Bonchev–Trinajstić information content (AvgIpc) is 2.68. The highest BCUT2D eigenvalue weighted by atomic mass is 16.2. The van der Waals surface area contributed by atoms with E-state index < -0.39 is 0 Å². The second kappa shape index (κ2) is 8.31. The number of hydrogen-bond donors (Lipinski definition) is 1. The van der Waals surface area contributed by atoms with E-state index >= 15 is 0 Å². The van der Waals surface area contributed by atoms with Gasteiger partial charge >= 0.3 is 0 Å². The Labute approximate surface area is 160 Å². The number of para-hydroxylation sites is 1. The first-order valence-corrected chi connectivity index (χ1v) is 9.29. The van der Waals surface area contributed by atoms with Gasteiger partial charge in [0.25, 0.3) is 11.8 Å². The predicted octanol–water partition coefficient (Wildman–Crippen LogP) is 2.84. The molecule has 142 valence electrons. The molecule has 1 aromatic heterocycles. The second-order valence-corrected chi connectivity index (χ2v) is 7.25. The molecule has 1 N–H and O–H groups in total. The number of aromatic nitrogens is 1. The van der Waals surface area contributed by atoms with E-state index in [-0.39, 0.29) is 11.8 Å². The van der Waals surface area contributed by atoms with Gasteiger partial charge in [0.05, 0.1) is 11.1 Å². The molecule has 0 radical (unpaired) electrons. The van der Waals surface area contributed by atoms with E-state index in [2.05, 4.69) is 29.0 Å². The summed E-state index contributed by atoms with van der Waals surface area (Å²) in [6, 6.07) is 9.38. The minimum absolute atomic E-state index is 0.0761. The van der Waals surface area contributed by atoms with Crippen LogP contribution in [0.25, 0.3) is 0 Å².